The molecule has 24 heavy (non-hydrogen) atoms. The largest absolute Gasteiger partial charge is 0.342 e. The molecule has 0 amide bonds. The minimum Gasteiger partial charge on any atom is -0.342 e. The lowest BCUT2D eigenvalue weighted by Gasteiger charge is -2.06. The van der Waals surface area contributed by atoms with Gasteiger partial charge in [-0.2, -0.15) is 10.2 Å². The lowest BCUT2D eigenvalue weighted by atomic mass is 9.98. The third kappa shape index (κ3) is 2.22. The molecule has 0 saturated heterocycles. The first kappa shape index (κ1) is 14.7. The Kier molecular flexibility index (Phi) is 3.09. The molecule has 0 aliphatic heterocycles. The standard InChI is InChI=1S/C18H20N6/c1-10-15(8-23(4)21-10)13-6-14(16-9-24(5)22-11(16)2)18-17(7-13)19-12(3)20-18/h6-9H,1-5H3,(H,19,20). The summed E-state index contributed by atoms with van der Waals surface area (Å²) in [5, 5.41) is 8.96. The maximum Gasteiger partial charge on any atom is 0.104 e. The van der Waals surface area contributed by atoms with Gasteiger partial charge < -0.3 is 4.98 Å². The summed E-state index contributed by atoms with van der Waals surface area (Å²) in [6.07, 6.45) is 4.10. The first-order valence-electron chi connectivity index (χ1n) is 7.94. The molecule has 0 aliphatic rings. The number of imidazole rings is 1. The molecular formula is C18H20N6. The van der Waals surface area contributed by atoms with Gasteiger partial charge in [-0.1, -0.05) is 0 Å². The lowest BCUT2D eigenvalue weighted by molar-refractivity contribution is 0.756. The van der Waals surface area contributed by atoms with Crippen molar-refractivity contribution in [1.82, 2.24) is 29.5 Å². The number of fused-ring (bicyclic) bond motifs is 1. The number of nitrogens with one attached hydrogen (secondary N) is 1. The van der Waals surface area contributed by atoms with Crippen LogP contribution in [0, 0.1) is 20.8 Å². The topological polar surface area (TPSA) is 64.3 Å². The predicted octanol–water partition coefficient (Wildman–Crippen LogP) is 3.29. The molecule has 0 unspecified atom stereocenters. The van der Waals surface area contributed by atoms with Crippen LogP contribution >= 0.6 is 0 Å². The number of H-pyrrole nitrogens is 1. The monoisotopic (exact) mass is 320 g/mol. The van der Waals surface area contributed by atoms with Gasteiger partial charge in [-0.15, -0.1) is 0 Å². The second kappa shape index (κ2) is 5.06. The Bertz CT molecular complexity index is 1060. The molecule has 1 N–H and O–H groups in total. The van der Waals surface area contributed by atoms with E-state index in [4.69, 9.17) is 0 Å². The zero-order valence-corrected chi connectivity index (χ0v) is 14.5. The molecule has 0 spiro atoms. The minimum atomic E-state index is 0.910. The average molecular weight is 320 g/mol. The molecule has 3 aromatic heterocycles. The van der Waals surface area contributed by atoms with E-state index in [1.807, 2.05) is 50.4 Å². The molecule has 1 aromatic carbocycles. The van der Waals surface area contributed by atoms with Crippen LogP contribution in [0.25, 0.3) is 33.3 Å². The summed E-state index contributed by atoms with van der Waals surface area (Å²) in [5.41, 5.74) is 8.50. The highest BCUT2D eigenvalue weighted by atomic mass is 15.3. The van der Waals surface area contributed by atoms with E-state index in [0.717, 1.165) is 50.5 Å². The van der Waals surface area contributed by atoms with Crippen LogP contribution in [0.4, 0.5) is 0 Å². The number of rotatable bonds is 2. The van der Waals surface area contributed by atoms with Crippen molar-refractivity contribution >= 4 is 11.0 Å². The number of hydrogen-bond donors (Lipinski definition) is 1. The minimum absolute atomic E-state index is 0.910. The van der Waals surface area contributed by atoms with Crippen LogP contribution in [0.15, 0.2) is 24.5 Å². The van der Waals surface area contributed by atoms with Crippen molar-refractivity contribution in [3.05, 3.63) is 41.7 Å². The van der Waals surface area contributed by atoms with Crippen molar-refractivity contribution in [3.63, 3.8) is 0 Å². The molecule has 6 nitrogen and oxygen atoms in total. The summed E-state index contributed by atoms with van der Waals surface area (Å²) >= 11 is 0. The molecule has 3 heterocycles. The Labute approximate surface area is 140 Å². The smallest absolute Gasteiger partial charge is 0.104 e. The molecule has 0 aliphatic carbocycles. The molecule has 0 bridgehead atoms. The van der Waals surface area contributed by atoms with Gasteiger partial charge in [0.25, 0.3) is 0 Å². The van der Waals surface area contributed by atoms with Crippen molar-refractivity contribution in [1.29, 1.82) is 0 Å². The van der Waals surface area contributed by atoms with Crippen molar-refractivity contribution in [2.45, 2.75) is 20.8 Å². The Hall–Kier alpha value is -2.89. The number of hydrogen-bond acceptors (Lipinski definition) is 3. The molecule has 4 rings (SSSR count). The van der Waals surface area contributed by atoms with Crippen LogP contribution in [-0.2, 0) is 14.1 Å². The number of nitrogens with zero attached hydrogens (tertiary/aromatic N) is 5. The highest BCUT2D eigenvalue weighted by molar-refractivity contribution is 5.96. The molecule has 0 atom stereocenters. The third-order valence-corrected chi connectivity index (χ3v) is 4.33. The van der Waals surface area contributed by atoms with E-state index in [1.54, 1.807) is 0 Å². The highest BCUT2D eigenvalue weighted by Crippen LogP contribution is 2.35. The summed E-state index contributed by atoms with van der Waals surface area (Å²) in [6.45, 7) is 6.05. The normalized spacial score (nSPS) is 11.5. The van der Waals surface area contributed by atoms with Crippen molar-refractivity contribution in [2.75, 3.05) is 0 Å². The van der Waals surface area contributed by atoms with Gasteiger partial charge >= 0.3 is 0 Å². The fourth-order valence-electron chi connectivity index (χ4n) is 3.35. The zero-order valence-electron chi connectivity index (χ0n) is 14.5. The number of aryl methyl sites for hydroxylation is 5. The Morgan fingerprint density at radius 1 is 0.833 bits per heavy atom. The van der Waals surface area contributed by atoms with E-state index >= 15 is 0 Å². The highest BCUT2D eigenvalue weighted by Gasteiger charge is 2.16. The Balaban J connectivity index is 2.04. The van der Waals surface area contributed by atoms with Crippen LogP contribution in [0.1, 0.15) is 17.2 Å². The third-order valence-electron chi connectivity index (χ3n) is 4.33. The van der Waals surface area contributed by atoms with Crippen molar-refractivity contribution < 1.29 is 0 Å². The van der Waals surface area contributed by atoms with Gasteiger partial charge in [-0.3, -0.25) is 9.36 Å². The van der Waals surface area contributed by atoms with Gasteiger partial charge in [0.05, 0.1) is 22.4 Å². The van der Waals surface area contributed by atoms with Crippen LogP contribution in [0.3, 0.4) is 0 Å². The first-order chi connectivity index (χ1) is 11.4. The SMILES string of the molecule is Cc1nc2c(-c3cn(C)nc3C)cc(-c3cn(C)nc3C)cc2[nH]1. The Morgan fingerprint density at radius 2 is 1.46 bits per heavy atom. The van der Waals surface area contributed by atoms with Gasteiger partial charge in [-0.25, -0.2) is 4.98 Å². The molecule has 4 aromatic rings. The average Bonchev–Trinajstić information content (AvgIpc) is 3.14. The van der Waals surface area contributed by atoms with Crippen LogP contribution < -0.4 is 0 Å². The van der Waals surface area contributed by atoms with E-state index in [2.05, 4.69) is 38.5 Å². The second-order valence-electron chi connectivity index (χ2n) is 6.35. The number of aromatic nitrogens is 6. The molecule has 0 fully saturated rings. The van der Waals surface area contributed by atoms with Gasteiger partial charge in [0.2, 0.25) is 0 Å². The van der Waals surface area contributed by atoms with E-state index in [1.165, 1.54) is 0 Å². The van der Waals surface area contributed by atoms with Crippen LogP contribution in [0.5, 0.6) is 0 Å². The maximum absolute atomic E-state index is 4.69. The molecular weight excluding hydrogens is 300 g/mol. The summed E-state index contributed by atoms with van der Waals surface area (Å²) in [5.74, 6) is 0.910. The van der Waals surface area contributed by atoms with Gasteiger partial charge in [-0.05, 0) is 38.5 Å². The van der Waals surface area contributed by atoms with E-state index in [-0.39, 0.29) is 0 Å². The second-order valence-corrected chi connectivity index (χ2v) is 6.35. The lowest BCUT2D eigenvalue weighted by Crippen LogP contribution is -1.86. The fourth-order valence-corrected chi connectivity index (χ4v) is 3.35. The molecule has 0 radical (unpaired) electrons. The van der Waals surface area contributed by atoms with Gasteiger partial charge in [0, 0.05) is 43.2 Å². The number of benzene rings is 1. The quantitative estimate of drug-likeness (QED) is 0.616. The predicted molar refractivity (Wildman–Crippen MR) is 94.7 cm³/mol. The maximum atomic E-state index is 4.69. The summed E-state index contributed by atoms with van der Waals surface area (Å²) in [4.78, 5) is 8.05. The summed E-state index contributed by atoms with van der Waals surface area (Å²) in [6, 6.07) is 4.34. The zero-order chi connectivity index (χ0) is 17.0. The van der Waals surface area contributed by atoms with Crippen LogP contribution in [-0.4, -0.2) is 29.5 Å². The fraction of sp³-hybridized carbons (Fsp3) is 0.278. The van der Waals surface area contributed by atoms with Crippen molar-refractivity contribution in [2.24, 2.45) is 14.1 Å². The summed E-state index contributed by atoms with van der Waals surface area (Å²) < 4.78 is 3.69. The molecule has 6 heteroatoms. The summed E-state index contributed by atoms with van der Waals surface area (Å²) in [7, 11) is 3.89. The number of aromatic amines is 1. The first-order valence-corrected chi connectivity index (χ1v) is 7.94. The van der Waals surface area contributed by atoms with E-state index < -0.39 is 0 Å². The van der Waals surface area contributed by atoms with Crippen LogP contribution in [0.2, 0.25) is 0 Å². The van der Waals surface area contributed by atoms with Gasteiger partial charge in [0.15, 0.2) is 0 Å². The van der Waals surface area contributed by atoms with E-state index in [0.29, 0.717) is 0 Å². The van der Waals surface area contributed by atoms with Gasteiger partial charge in [0.1, 0.15) is 5.82 Å². The molecule has 122 valence electrons. The van der Waals surface area contributed by atoms with Crippen molar-refractivity contribution in [3.8, 4) is 22.3 Å². The molecule has 0 saturated carbocycles. The van der Waals surface area contributed by atoms with E-state index in [9.17, 15) is 0 Å². The Morgan fingerprint density at radius 3 is 2.04 bits per heavy atom.